The van der Waals surface area contributed by atoms with Gasteiger partial charge in [0.05, 0.1) is 17.1 Å². The minimum atomic E-state index is 0.619. The first-order chi connectivity index (χ1) is 32.2. The van der Waals surface area contributed by atoms with Crippen molar-refractivity contribution in [2.45, 2.75) is 0 Å². The summed E-state index contributed by atoms with van der Waals surface area (Å²) in [6.45, 7) is 0. The number of pyridine rings is 3. The molecule has 0 saturated heterocycles. The van der Waals surface area contributed by atoms with Crippen LogP contribution in [0.2, 0.25) is 0 Å². The first-order valence-electron chi connectivity index (χ1n) is 21.4. The van der Waals surface area contributed by atoms with Crippen molar-refractivity contribution in [2.24, 2.45) is 0 Å². The highest BCUT2D eigenvalue weighted by atomic mass is 16.5. The lowest BCUT2D eigenvalue weighted by molar-refractivity contribution is 0.485. The lowest BCUT2D eigenvalue weighted by atomic mass is 9.91. The van der Waals surface area contributed by atoms with E-state index in [9.17, 15) is 0 Å². The van der Waals surface area contributed by atoms with E-state index >= 15 is 0 Å². The minimum Gasteiger partial charge on any atom is -0.457 e. The molecule has 10 rings (SSSR count). The predicted molar refractivity (Wildman–Crippen MR) is 265 cm³/mol. The molecule has 0 spiro atoms. The summed E-state index contributed by atoms with van der Waals surface area (Å²) < 4.78 is 6.86. The molecule has 0 saturated carbocycles. The fourth-order valence-electron chi connectivity index (χ4n) is 7.77. The second-order valence-corrected chi connectivity index (χ2v) is 15.4. The number of nitrogens with zero attached hydrogens (tertiary/aromatic N) is 5. The van der Waals surface area contributed by atoms with E-state index in [0.29, 0.717) is 17.3 Å². The zero-order valence-electron chi connectivity index (χ0n) is 35.3. The standard InChI is InChI=1S/C59H41N5O/c1-2-14-53(54-31-30-49(59-63-35-10-36-64-59)41-58(54)65-51-12-9-11-48(40-51)57-17-5-8-34-62-57)52(13-1)50-38-44(20-18-42-22-26-46(27-23-42)55-15-3-6-32-60-55)37-45(39-50)21-19-43-24-28-47(29-25-43)56-16-4-7-33-61-56/h1-41H/b20-18-,21-19-. The number of hydrogen-bond donors (Lipinski definition) is 0. The molecule has 0 N–H and O–H groups in total. The van der Waals surface area contributed by atoms with E-state index in [1.165, 1.54) is 0 Å². The van der Waals surface area contributed by atoms with Crippen molar-refractivity contribution in [3.8, 4) is 78.9 Å². The average Bonchev–Trinajstić information content (AvgIpc) is 3.39. The molecule has 0 aliphatic rings. The van der Waals surface area contributed by atoms with Crippen LogP contribution in [-0.2, 0) is 0 Å². The molecule has 0 atom stereocenters. The van der Waals surface area contributed by atoms with Crippen molar-refractivity contribution in [3.05, 3.63) is 247 Å². The maximum Gasteiger partial charge on any atom is 0.159 e. The van der Waals surface area contributed by atoms with E-state index in [2.05, 4.69) is 152 Å². The number of aromatic nitrogens is 5. The Morgan fingerprint density at radius 3 is 1.37 bits per heavy atom. The molecular weight excluding hydrogens is 795 g/mol. The maximum absolute atomic E-state index is 6.86. The molecule has 0 aliphatic carbocycles. The molecular formula is C59H41N5O. The number of hydrogen-bond acceptors (Lipinski definition) is 6. The van der Waals surface area contributed by atoms with E-state index in [0.717, 1.165) is 83.8 Å². The number of benzene rings is 6. The van der Waals surface area contributed by atoms with Gasteiger partial charge >= 0.3 is 0 Å². The number of ether oxygens (including phenoxy) is 1. The smallest absolute Gasteiger partial charge is 0.159 e. The molecule has 0 unspecified atom stereocenters. The summed E-state index contributed by atoms with van der Waals surface area (Å²) in [6.07, 6.45) is 17.6. The summed E-state index contributed by atoms with van der Waals surface area (Å²) >= 11 is 0. The maximum atomic E-state index is 6.86. The third-order valence-electron chi connectivity index (χ3n) is 11.0. The van der Waals surface area contributed by atoms with Crippen LogP contribution < -0.4 is 4.74 Å². The summed E-state index contributed by atoms with van der Waals surface area (Å²) in [5, 5.41) is 0. The SMILES string of the molecule is C(=C/c1cc(/C=C\c2ccc(-c3ccccn3)cc2)cc(-c2ccccc2-c2ccc(-c3ncccn3)cc2Oc2cccc(-c3ccccn3)c2)c1)/c1ccc(-c2ccccn2)cc1. The van der Waals surface area contributed by atoms with E-state index in [1.807, 2.05) is 103 Å². The van der Waals surface area contributed by atoms with E-state index in [4.69, 9.17) is 4.74 Å². The highest BCUT2D eigenvalue weighted by Crippen LogP contribution is 2.42. The minimum absolute atomic E-state index is 0.619. The molecule has 308 valence electrons. The van der Waals surface area contributed by atoms with Gasteiger partial charge in [-0.15, -0.1) is 0 Å². The van der Waals surface area contributed by atoms with Gasteiger partial charge in [-0.25, -0.2) is 9.97 Å². The van der Waals surface area contributed by atoms with Gasteiger partial charge in [-0.3, -0.25) is 15.0 Å². The Bertz CT molecular complexity index is 3130. The van der Waals surface area contributed by atoms with Gasteiger partial charge in [0, 0.05) is 58.8 Å². The normalized spacial score (nSPS) is 11.3. The van der Waals surface area contributed by atoms with Crippen LogP contribution in [0.4, 0.5) is 0 Å². The van der Waals surface area contributed by atoms with Crippen molar-refractivity contribution in [1.29, 1.82) is 0 Å². The zero-order chi connectivity index (χ0) is 43.6. The average molecular weight is 836 g/mol. The van der Waals surface area contributed by atoms with Crippen LogP contribution in [0.5, 0.6) is 11.5 Å². The summed E-state index contributed by atoms with van der Waals surface area (Å²) in [7, 11) is 0. The Morgan fingerprint density at radius 2 is 0.800 bits per heavy atom. The molecule has 0 amide bonds. The monoisotopic (exact) mass is 835 g/mol. The highest BCUT2D eigenvalue weighted by Gasteiger charge is 2.16. The Labute approximate surface area is 378 Å². The van der Waals surface area contributed by atoms with Gasteiger partial charge in [0.1, 0.15) is 11.5 Å². The van der Waals surface area contributed by atoms with E-state index < -0.39 is 0 Å². The first kappa shape index (κ1) is 40.2. The van der Waals surface area contributed by atoms with Gasteiger partial charge < -0.3 is 4.74 Å². The van der Waals surface area contributed by atoms with Gasteiger partial charge in [-0.1, -0.05) is 133 Å². The molecule has 65 heavy (non-hydrogen) atoms. The first-order valence-corrected chi connectivity index (χ1v) is 21.4. The lowest BCUT2D eigenvalue weighted by Crippen LogP contribution is -1.94. The van der Waals surface area contributed by atoms with Gasteiger partial charge in [-0.05, 0) is 124 Å². The molecule has 0 radical (unpaired) electrons. The van der Waals surface area contributed by atoms with Crippen LogP contribution in [0.1, 0.15) is 22.3 Å². The Hall–Kier alpha value is -8.87. The third kappa shape index (κ3) is 9.63. The van der Waals surface area contributed by atoms with Crippen LogP contribution in [0.25, 0.3) is 91.7 Å². The molecule has 0 bridgehead atoms. The molecule has 10 aromatic rings. The van der Waals surface area contributed by atoms with Crippen LogP contribution in [0.15, 0.2) is 225 Å². The van der Waals surface area contributed by atoms with Gasteiger partial charge in [0.2, 0.25) is 0 Å². The summed E-state index contributed by atoms with van der Waals surface area (Å²) in [5.41, 5.74) is 15.2. The second-order valence-electron chi connectivity index (χ2n) is 15.4. The summed E-state index contributed by atoms with van der Waals surface area (Å²) in [4.78, 5) is 22.7. The zero-order valence-corrected chi connectivity index (χ0v) is 35.3. The third-order valence-corrected chi connectivity index (χ3v) is 11.0. The predicted octanol–water partition coefficient (Wildman–Crippen LogP) is 14.8. The Balaban J connectivity index is 1.04. The second kappa shape index (κ2) is 19.0. The van der Waals surface area contributed by atoms with Crippen molar-refractivity contribution in [3.63, 3.8) is 0 Å². The number of rotatable bonds is 12. The molecule has 6 aromatic carbocycles. The van der Waals surface area contributed by atoms with Crippen LogP contribution >= 0.6 is 0 Å². The van der Waals surface area contributed by atoms with Gasteiger partial charge in [0.25, 0.3) is 0 Å². The molecule has 0 aliphatic heterocycles. The topological polar surface area (TPSA) is 73.7 Å². The van der Waals surface area contributed by atoms with Crippen molar-refractivity contribution in [1.82, 2.24) is 24.9 Å². The van der Waals surface area contributed by atoms with Crippen molar-refractivity contribution >= 4 is 24.3 Å². The van der Waals surface area contributed by atoms with E-state index in [1.54, 1.807) is 18.6 Å². The quantitative estimate of drug-likeness (QED) is 0.114. The summed E-state index contributed by atoms with van der Waals surface area (Å²) in [6, 6.07) is 66.1. The fraction of sp³-hybridized carbons (Fsp3) is 0. The molecule has 4 heterocycles. The van der Waals surface area contributed by atoms with Crippen molar-refractivity contribution in [2.75, 3.05) is 0 Å². The molecule has 0 fully saturated rings. The van der Waals surface area contributed by atoms with Gasteiger partial charge in [-0.2, -0.15) is 0 Å². The van der Waals surface area contributed by atoms with Crippen LogP contribution in [0.3, 0.4) is 0 Å². The fourth-order valence-corrected chi connectivity index (χ4v) is 7.77. The molecule has 6 nitrogen and oxygen atoms in total. The van der Waals surface area contributed by atoms with E-state index in [-0.39, 0.29) is 0 Å². The highest BCUT2D eigenvalue weighted by molar-refractivity contribution is 5.90. The molecule has 6 heteroatoms. The van der Waals surface area contributed by atoms with Crippen LogP contribution in [-0.4, -0.2) is 24.9 Å². The van der Waals surface area contributed by atoms with Gasteiger partial charge in [0.15, 0.2) is 5.82 Å². The summed E-state index contributed by atoms with van der Waals surface area (Å²) in [5.74, 6) is 1.99. The largest absolute Gasteiger partial charge is 0.457 e. The Morgan fingerprint density at radius 1 is 0.292 bits per heavy atom. The van der Waals surface area contributed by atoms with Crippen LogP contribution in [0, 0.1) is 0 Å². The lowest BCUT2D eigenvalue weighted by Gasteiger charge is -2.17. The Kier molecular flexibility index (Phi) is 11.8. The molecule has 4 aromatic heterocycles. The van der Waals surface area contributed by atoms with Crippen molar-refractivity contribution < 1.29 is 4.74 Å².